The summed E-state index contributed by atoms with van der Waals surface area (Å²) in [6, 6.07) is 5.40. The number of hydrogen-bond acceptors (Lipinski definition) is 6. The topological polar surface area (TPSA) is 62.2 Å². The van der Waals surface area contributed by atoms with Gasteiger partial charge in [0.25, 0.3) is 5.91 Å². The van der Waals surface area contributed by atoms with Gasteiger partial charge >= 0.3 is 0 Å². The second kappa shape index (κ2) is 7.43. The first kappa shape index (κ1) is 18.6. The number of carbonyl (C=O) groups excluding carboxylic acids is 1. The number of hydrogen-bond donors (Lipinski definition) is 0. The van der Waals surface area contributed by atoms with E-state index in [9.17, 15) is 9.18 Å². The van der Waals surface area contributed by atoms with Gasteiger partial charge in [-0.2, -0.15) is 4.39 Å². The molecule has 1 amide bonds. The fourth-order valence-corrected chi connectivity index (χ4v) is 5.32. The summed E-state index contributed by atoms with van der Waals surface area (Å²) in [6.07, 6.45) is 6.17. The third-order valence-electron chi connectivity index (χ3n) is 5.30. The van der Waals surface area contributed by atoms with E-state index in [0.717, 1.165) is 42.6 Å². The number of fused-ring (bicyclic) bond motifs is 1. The second-order valence-electron chi connectivity index (χ2n) is 7.14. The number of aromatic nitrogens is 3. The molecule has 0 N–H and O–H groups in total. The predicted molar refractivity (Wildman–Crippen MR) is 116 cm³/mol. The Hall–Kier alpha value is -2.44. The van der Waals surface area contributed by atoms with Gasteiger partial charge in [-0.3, -0.25) is 9.78 Å². The molecule has 29 heavy (non-hydrogen) atoms. The first-order valence-corrected chi connectivity index (χ1v) is 10.9. The monoisotopic (exact) mass is 427 g/mol. The van der Waals surface area contributed by atoms with E-state index in [4.69, 9.17) is 0 Å². The van der Waals surface area contributed by atoms with Gasteiger partial charge in [0, 0.05) is 49.4 Å². The number of anilines is 2. The van der Waals surface area contributed by atoms with Crippen LogP contribution in [0.1, 0.15) is 28.2 Å². The number of carbonyl (C=O) groups is 1. The maximum absolute atomic E-state index is 14.9. The molecule has 5 rings (SSSR count). The molecule has 1 saturated heterocycles. The Morgan fingerprint density at radius 3 is 2.62 bits per heavy atom. The number of amides is 1. The molecular weight excluding hydrogens is 408 g/mol. The van der Waals surface area contributed by atoms with E-state index in [2.05, 4.69) is 29.1 Å². The molecule has 6 nitrogen and oxygen atoms in total. The van der Waals surface area contributed by atoms with E-state index < -0.39 is 5.95 Å². The van der Waals surface area contributed by atoms with Crippen LogP contribution in [0.2, 0.25) is 0 Å². The Kier molecular flexibility index (Phi) is 4.76. The summed E-state index contributed by atoms with van der Waals surface area (Å²) < 4.78 is 14.9. The summed E-state index contributed by atoms with van der Waals surface area (Å²) in [4.78, 5) is 30.2. The van der Waals surface area contributed by atoms with Crippen LogP contribution in [0.4, 0.5) is 15.9 Å². The molecule has 0 bridgehead atoms. The zero-order valence-corrected chi connectivity index (χ0v) is 17.6. The van der Waals surface area contributed by atoms with Gasteiger partial charge in [-0.05, 0) is 31.0 Å². The summed E-state index contributed by atoms with van der Waals surface area (Å²) in [5.41, 5.74) is 1.88. The lowest BCUT2D eigenvalue weighted by Crippen LogP contribution is -2.36. The minimum absolute atomic E-state index is 0.102. The lowest BCUT2D eigenvalue weighted by atomic mass is 10.1. The first-order chi connectivity index (χ1) is 14.1. The molecule has 0 aromatic carbocycles. The Morgan fingerprint density at radius 2 is 1.86 bits per heavy atom. The number of thiazole rings is 1. The predicted octanol–water partition coefficient (Wildman–Crippen LogP) is 3.04. The van der Waals surface area contributed by atoms with Gasteiger partial charge in [0.1, 0.15) is 15.7 Å². The van der Waals surface area contributed by atoms with Crippen molar-refractivity contribution in [3.63, 3.8) is 0 Å². The van der Waals surface area contributed by atoms with Crippen molar-refractivity contribution in [3.8, 4) is 10.6 Å². The van der Waals surface area contributed by atoms with Crippen LogP contribution in [0.15, 0.2) is 30.6 Å². The summed E-state index contributed by atoms with van der Waals surface area (Å²) in [7, 11) is 2.66. The SMILES string of the molecule is O=C1c2sc(-c3cc(P)c(N4CCCC4)nc3F)nc2CCN1c1ccncc1. The zero-order chi connectivity index (χ0) is 20.0. The van der Waals surface area contributed by atoms with Crippen LogP contribution in [0, 0.1) is 5.95 Å². The third kappa shape index (κ3) is 3.30. The van der Waals surface area contributed by atoms with E-state index in [0.29, 0.717) is 34.2 Å². The molecule has 1 fully saturated rings. The largest absolute Gasteiger partial charge is 0.356 e. The highest BCUT2D eigenvalue weighted by Gasteiger charge is 2.30. The van der Waals surface area contributed by atoms with Gasteiger partial charge in [-0.1, -0.05) is 0 Å². The molecular formula is C20H19FN5OPS. The van der Waals surface area contributed by atoms with Crippen molar-refractivity contribution in [1.29, 1.82) is 0 Å². The number of pyridine rings is 2. The fraction of sp³-hybridized carbons (Fsp3) is 0.300. The van der Waals surface area contributed by atoms with Crippen LogP contribution >= 0.6 is 20.6 Å². The maximum Gasteiger partial charge on any atom is 0.270 e. The van der Waals surface area contributed by atoms with E-state index in [-0.39, 0.29) is 5.91 Å². The van der Waals surface area contributed by atoms with Crippen molar-refractivity contribution < 1.29 is 9.18 Å². The standard InChI is InChI=1S/C20H19FN5OPS/c21-17-13(11-15(28)18(24-17)25-8-1-2-9-25)19-23-14-5-10-26(20(27)16(14)29-19)12-3-6-22-7-4-12/h3-4,6-7,11H,1-2,5,8-10,28H2. The normalized spacial score (nSPS) is 16.4. The second-order valence-corrected chi connectivity index (χ2v) is 8.76. The van der Waals surface area contributed by atoms with Gasteiger partial charge in [0.05, 0.1) is 11.3 Å². The molecule has 2 aliphatic heterocycles. The molecule has 2 aliphatic rings. The van der Waals surface area contributed by atoms with Gasteiger partial charge < -0.3 is 9.80 Å². The van der Waals surface area contributed by atoms with Crippen molar-refractivity contribution in [1.82, 2.24) is 15.0 Å². The molecule has 1 unspecified atom stereocenters. The highest BCUT2D eigenvalue weighted by molar-refractivity contribution is 7.28. The van der Waals surface area contributed by atoms with E-state index >= 15 is 0 Å². The Balaban J connectivity index is 1.49. The van der Waals surface area contributed by atoms with Gasteiger partial charge in [-0.25, -0.2) is 9.97 Å². The van der Waals surface area contributed by atoms with E-state index in [1.54, 1.807) is 23.4 Å². The minimum Gasteiger partial charge on any atom is -0.356 e. The Bertz CT molecular complexity index is 1080. The molecule has 0 aliphatic carbocycles. The first-order valence-electron chi connectivity index (χ1n) is 9.55. The van der Waals surface area contributed by atoms with Crippen LogP contribution in [-0.4, -0.2) is 40.5 Å². The maximum atomic E-state index is 14.9. The molecule has 5 heterocycles. The summed E-state index contributed by atoms with van der Waals surface area (Å²) in [5, 5.41) is 1.35. The van der Waals surface area contributed by atoms with E-state index in [1.165, 1.54) is 11.3 Å². The molecule has 1 atom stereocenters. The van der Waals surface area contributed by atoms with Gasteiger partial charge in [-0.15, -0.1) is 20.6 Å². The van der Waals surface area contributed by atoms with Crippen LogP contribution < -0.4 is 15.1 Å². The quantitative estimate of drug-likeness (QED) is 0.475. The summed E-state index contributed by atoms with van der Waals surface area (Å²) in [6.45, 7) is 2.35. The number of halogens is 1. The molecule has 3 aromatic heterocycles. The lowest BCUT2D eigenvalue weighted by Gasteiger charge is -2.25. The van der Waals surface area contributed by atoms with Crippen LogP contribution in [0.3, 0.4) is 0 Å². The summed E-state index contributed by atoms with van der Waals surface area (Å²) in [5.74, 6) is 0.0343. The van der Waals surface area contributed by atoms with Crippen molar-refractivity contribution >= 4 is 43.3 Å². The molecule has 0 saturated carbocycles. The molecule has 0 radical (unpaired) electrons. The van der Waals surface area contributed by atoms with Crippen LogP contribution in [0.25, 0.3) is 10.6 Å². The number of nitrogens with zero attached hydrogens (tertiary/aromatic N) is 5. The molecule has 3 aromatic rings. The lowest BCUT2D eigenvalue weighted by molar-refractivity contribution is 0.0984. The molecule has 148 valence electrons. The Morgan fingerprint density at radius 1 is 1.10 bits per heavy atom. The average Bonchev–Trinajstić information content (AvgIpc) is 3.40. The van der Waals surface area contributed by atoms with E-state index in [1.807, 2.05) is 12.1 Å². The van der Waals surface area contributed by atoms with Gasteiger partial charge in [0.2, 0.25) is 5.95 Å². The Labute approximate surface area is 174 Å². The third-order valence-corrected chi connectivity index (χ3v) is 6.85. The van der Waals surface area contributed by atoms with Crippen molar-refractivity contribution in [3.05, 3.63) is 47.1 Å². The zero-order valence-electron chi connectivity index (χ0n) is 15.6. The van der Waals surface area contributed by atoms with Gasteiger partial charge in [0.15, 0.2) is 0 Å². The summed E-state index contributed by atoms with van der Waals surface area (Å²) >= 11 is 1.24. The highest BCUT2D eigenvalue weighted by Crippen LogP contribution is 2.34. The van der Waals surface area contributed by atoms with Crippen molar-refractivity contribution in [2.75, 3.05) is 29.4 Å². The average molecular weight is 427 g/mol. The fourth-order valence-electron chi connectivity index (χ4n) is 3.85. The van der Waals surface area contributed by atoms with Crippen molar-refractivity contribution in [2.24, 2.45) is 0 Å². The minimum atomic E-state index is -0.539. The molecule has 9 heteroatoms. The van der Waals surface area contributed by atoms with Crippen LogP contribution in [0.5, 0.6) is 0 Å². The molecule has 0 spiro atoms. The van der Waals surface area contributed by atoms with Crippen LogP contribution in [-0.2, 0) is 6.42 Å². The smallest absolute Gasteiger partial charge is 0.270 e. The number of rotatable bonds is 3. The highest BCUT2D eigenvalue weighted by atomic mass is 32.1. The van der Waals surface area contributed by atoms with Crippen molar-refractivity contribution in [2.45, 2.75) is 19.3 Å².